The van der Waals surface area contributed by atoms with Crippen molar-refractivity contribution >= 4 is 11.3 Å². The quantitative estimate of drug-likeness (QED) is 0.711. The lowest BCUT2D eigenvalue weighted by Gasteiger charge is -2.17. The minimum Gasteiger partial charge on any atom is -0.246 e. The highest BCUT2D eigenvalue weighted by Gasteiger charge is 2.16. The summed E-state index contributed by atoms with van der Waals surface area (Å²) in [7, 11) is 0. The number of hydrogen-bond donors (Lipinski definition) is 0. The number of nitrogens with zero attached hydrogens (tertiary/aromatic N) is 1. The van der Waals surface area contributed by atoms with Gasteiger partial charge < -0.3 is 0 Å². The Kier molecular flexibility index (Phi) is 3.91. The molecule has 0 saturated carbocycles. The average Bonchev–Trinajstić information content (AvgIpc) is 2.46. The maximum Gasteiger partial charge on any atom is 0.0897 e. The third-order valence-electron chi connectivity index (χ3n) is 2.42. The second kappa shape index (κ2) is 4.75. The Bertz CT molecular complexity index is 252. The van der Waals surface area contributed by atoms with Crippen molar-refractivity contribution in [2.75, 3.05) is 0 Å². The zero-order valence-corrected chi connectivity index (χ0v) is 9.82. The van der Waals surface area contributed by atoms with Crippen LogP contribution in [0, 0.1) is 12.8 Å². The first-order chi connectivity index (χ1) is 6.15. The van der Waals surface area contributed by atoms with Crippen molar-refractivity contribution < 1.29 is 0 Å². The maximum absolute atomic E-state index is 4.57. The molecule has 0 fully saturated rings. The van der Waals surface area contributed by atoms with Gasteiger partial charge in [0.2, 0.25) is 0 Å². The number of aryl methyl sites for hydroxylation is 1. The van der Waals surface area contributed by atoms with Crippen molar-refractivity contribution in [2.24, 2.45) is 5.92 Å². The lowest BCUT2D eigenvalue weighted by atomic mass is 9.89. The zero-order valence-electron chi connectivity index (χ0n) is 9.00. The van der Waals surface area contributed by atoms with Crippen molar-refractivity contribution in [2.45, 2.75) is 46.5 Å². The van der Waals surface area contributed by atoms with Gasteiger partial charge in [-0.05, 0) is 19.3 Å². The van der Waals surface area contributed by atoms with Gasteiger partial charge in [0.05, 0.1) is 10.7 Å². The first kappa shape index (κ1) is 10.7. The largest absolute Gasteiger partial charge is 0.246 e. The van der Waals surface area contributed by atoms with Crippen LogP contribution in [0.5, 0.6) is 0 Å². The summed E-state index contributed by atoms with van der Waals surface area (Å²) in [5.74, 6) is 1.37. The molecule has 0 aliphatic heterocycles. The van der Waals surface area contributed by atoms with Gasteiger partial charge in [-0.25, -0.2) is 4.98 Å². The van der Waals surface area contributed by atoms with E-state index in [1.165, 1.54) is 23.5 Å². The molecule has 74 valence electrons. The first-order valence-corrected chi connectivity index (χ1v) is 5.95. The van der Waals surface area contributed by atoms with Gasteiger partial charge in [0.15, 0.2) is 0 Å². The van der Waals surface area contributed by atoms with E-state index in [0.717, 1.165) is 0 Å². The van der Waals surface area contributed by atoms with Crippen LogP contribution in [0.2, 0.25) is 0 Å². The van der Waals surface area contributed by atoms with Crippen LogP contribution in [0.3, 0.4) is 0 Å². The van der Waals surface area contributed by atoms with Crippen molar-refractivity contribution in [3.05, 3.63) is 16.1 Å². The molecule has 2 heteroatoms. The van der Waals surface area contributed by atoms with Crippen molar-refractivity contribution in [1.29, 1.82) is 0 Å². The fourth-order valence-electron chi connectivity index (χ4n) is 1.68. The first-order valence-electron chi connectivity index (χ1n) is 5.07. The SMILES string of the molecule is CCCC(c1csc(C)n1)C(C)C. The summed E-state index contributed by atoms with van der Waals surface area (Å²) in [4.78, 5) is 4.57. The van der Waals surface area contributed by atoms with E-state index >= 15 is 0 Å². The van der Waals surface area contributed by atoms with Crippen LogP contribution in [-0.2, 0) is 0 Å². The molecular formula is C11H19NS. The summed E-state index contributed by atoms with van der Waals surface area (Å²) >= 11 is 1.76. The van der Waals surface area contributed by atoms with Crippen LogP contribution in [-0.4, -0.2) is 4.98 Å². The van der Waals surface area contributed by atoms with E-state index in [-0.39, 0.29) is 0 Å². The summed E-state index contributed by atoms with van der Waals surface area (Å²) in [6, 6.07) is 0. The number of hydrogen-bond acceptors (Lipinski definition) is 2. The summed E-state index contributed by atoms with van der Waals surface area (Å²) in [6.07, 6.45) is 2.51. The van der Waals surface area contributed by atoms with Gasteiger partial charge in [-0.2, -0.15) is 0 Å². The molecule has 1 heterocycles. The van der Waals surface area contributed by atoms with E-state index in [9.17, 15) is 0 Å². The van der Waals surface area contributed by atoms with Crippen LogP contribution in [0.15, 0.2) is 5.38 Å². The molecule has 0 radical (unpaired) electrons. The standard InChI is InChI=1S/C11H19NS/c1-5-6-10(8(2)3)11-7-13-9(4)12-11/h7-8,10H,5-6H2,1-4H3. The van der Waals surface area contributed by atoms with Crippen LogP contribution in [0.25, 0.3) is 0 Å². The second-order valence-corrected chi connectivity index (χ2v) is 4.99. The fourth-order valence-corrected chi connectivity index (χ4v) is 2.36. The predicted octanol–water partition coefficient (Wildman–Crippen LogP) is 3.99. The highest BCUT2D eigenvalue weighted by atomic mass is 32.1. The summed E-state index contributed by atoms with van der Waals surface area (Å²) < 4.78 is 0. The van der Waals surface area contributed by atoms with Crippen LogP contribution >= 0.6 is 11.3 Å². The lowest BCUT2D eigenvalue weighted by Crippen LogP contribution is -2.06. The Morgan fingerprint density at radius 3 is 2.54 bits per heavy atom. The zero-order chi connectivity index (χ0) is 9.84. The lowest BCUT2D eigenvalue weighted by molar-refractivity contribution is 0.455. The van der Waals surface area contributed by atoms with Gasteiger partial charge in [-0.15, -0.1) is 11.3 Å². The van der Waals surface area contributed by atoms with Crippen LogP contribution in [0.1, 0.15) is 50.2 Å². The highest BCUT2D eigenvalue weighted by molar-refractivity contribution is 7.09. The number of rotatable bonds is 4. The van der Waals surface area contributed by atoms with E-state index in [0.29, 0.717) is 11.8 Å². The smallest absolute Gasteiger partial charge is 0.0897 e. The highest BCUT2D eigenvalue weighted by Crippen LogP contribution is 2.29. The van der Waals surface area contributed by atoms with Crippen molar-refractivity contribution in [3.63, 3.8) is 0 Å². The minimum atomic E-state index is 0.662. The van der Waals surface area contributed by atoms with Gasteiger partial charge in [-0.1, -0.05) is 27.2 Å². The molecule has 0 aliphatic rings. The van der Waals surface area contributed by atoms with Gasteiger partial charge in [0.25, 0.3) is 0 Å². The molecule has 0 aliphatic carbocycles. The van der Waals surface area contributed by atoms with Crippen LogP contribution < -0.4 is 0 Å². The molecular weight excluding hydrogens is 178 g/mol. The molecule has 1 rings (SSSR count). The topological polar surface area (TPSA) is 12.9 Å². The maximum atomic E-state index is 4.57. The summed E-state index contributed by atoms with van der Waals surface area (Å²) in [5, 5.41) is 3.41. The second-order valence-electron chi connectivity index (χ2n) is 3.93. The molecule has 1 aromatic heterocycles. The Labute approximate surface area is 85.2 Å². The average molecular weight is 197 g/mol. The number of aromatic nitrogens is 1. The minimum absolute atomic E-state index is 0.662. The molecule has 1 aromatic rings. The Morgan fingerprint density at radius 1 is 1.46 bits per heavy atom. The third kappa shape index (κ3) is 2.80. The normalized spacial score (nSPS) is 13.6. The van der Waals surface area contributed by atoms with Gasteiger partial charge in [0, 0.05) is 11.3 Å². The van der Waals surface area contributed by atoms with Gasteiger partial charge >= 0.3 is 0 Å². The van der Waals surface area contributed by atoms with E-state index < -0.39 is 0 Å². The molecule has 0 bridgehead atoms. The Hall–Kier alpha value is -0.370. The monoisotopic (exact) mass is 197 g/mol. The summed E-state index contributed by atoms with van der Waals surface area (Å²) in [6.45, 7) is 8.90. The fraction of sp³-hybridized carbons (Fsp3) is 0.727. The van der Waals surface area contributed by atoms with Gasteiger partial charge in [0.1, 0.15) is 0 Å². The van der Waals surface area contributed by atoms with E-state index in [4.69, 9.17) is 0 Å². The molecule has 1 unspecified atom stereocenters. The molecule has 1 nitrogen and oxygen atoms in total. The Balaban J connectivity index is 2.75. The van der Waals surface area contributed by atoms with E-state index in [2.05, 4.69) is 38.1 Å². The molecule has 0 saturated heterocycles. The molecule has 0 amide bonds. The number of thiazole rings is 1. The predicted molar refractivity (Wildman–Crippen MR) is 59.3 cm³/mol. The van der Waals surface area contributed by atoms with E-state index in [1.54, 1.807) is 11.3 Å². The van der Waals surface area contributed by atoms with E-state index in [1.807, 2.05) is 0 Å². The summed E-state index contributed by atoms with van der Waals surface area (Å²) in [5.41, 5.74) is 1.30. The van der Waals surface area contributed by atoms with Crippen molar-refractivity contribution in [3.8, 4) is 0 Å². The molecule has 0 spiro atoms. The Morgan fingerprint density at radius 2 is 2.15 bits per heavy atom. The van der Waals surface area contributed by atoms with Crippen LogP contribution in [0.4, 0.5) is 0 Å². The third-order valence-corrected chi connectivity index (χ3v) is 3.21. The molecule has 1 atom stereocenters. The molecule has 0 N–H and O–H groups in total. The molecule has 13 heavy (non-hydrogen) atoms. The molecule has 0 aromatic carbocycles. The van der Waals surface area contributed by atoms with Gasteiger partial charge in [-0.3, -0.25) is 0 Å². The van der Waals surface area contributed by atoms with Crippen molar-refractivity contribution in [1.82, 2.24) is 4.98 Å².